The molecule has 2 unspecified atom stereocenters. The Morgan fingerprint density at radius 2 is 1.96 bits per heavy atom. The van der Waals surface area contributed by atoms with Crippen LogP contribution in [0.25, 0.3) is 0 Å². The van der Waals surface area contributed by atoms with Gasteiger partial charge in [-0.3, -0.25) is 4.79 Å². The molecular weight excluding hydrogens is 441 g/mol. The number of aryl methyl sites for hydroxylation is 1. The van der Waals surface area contributed by atoms with E-state index in [9.17, 15) is 4.79 Å². The molecule has 1 aromatic carbocycles. The average molecular weight is 465 g/mol. The molecule has 1 aromatic heterocycles. The highest BCUT2D eigenvalue weighted by Gasteiger charge is 2.32. The topological polar surface area (TPSA) is 54.5 Å². The average Bonchev–Trinajstić information content (AvgIpc) is 3.15. The van der Waals surface area contributed by atoms with Crippen LogP contribution < -0.4 is 10.1 Å². The number of rotatable bonds is 4. The van der Waals surface area contributed by atoms with Gasteiger partial charge >= 0.3 is 0 Å². The number of carbonyl (C=O) groups is 1. The first-order valence-corrected chi connectivity index (χ1v) is 10.2. The lowest BCUT2D eigenvalue weighted by molar-refractivity contribution is 0.0752. The van der Waals surface area contributed by atoms with Gasteiger partial charge in [0.1, 0.15) is 22.2 Å². The second-order valence-corrected chi connectivity index (χ2v) is 8.46. The molecule has 2 fully saturated rings. The molecule has 3 heterocycles. The third-order valence-electron chi connectivity index (χ3n) is 5.02. The van der Waals surface area contributed by atoms with Crippen molar-refractivity contribution in [2.75, 3.05) is 13.1 Å². The Labute approximate surface area is 186 Å². The standard InChI is InChI=1S/C19H22ClN3O2S.2ClH/c1-12-18(19(24)23-9-8-14-4-5-15(10-23)22-14)26-17(21-12)11-25-16-6-2-13(20)3-7-16;;/h2-3,6-7,14-15,22H,4-5,8-11H2,1H3;2*1H. The van der Waals surface area contributed by atoms with Crippen molar-refractivity contribution in [3.8, 4) is 5.75 Å². The van der Waals surface area contributed by atoms with Crippen LogP contribution in [0.1, 0.15) is 39.6 Å². The van der Waals surface area contributed by atoms with Crippen LogP contribution in [0.3, 0.4) is 0 Å². The zero-order chi connectivity index (χ0) is 18.1. The van der Waals surface area contributed by atoms with Crippen molar-refractivity contribution < 1.29 is 9.53 Å². The smallest absolute Gasteiger partial charge is 0.265 e. The number of aromatic nitrogens is 1. The van der Waals surface area contributed by atoms with Gasteiger partial charge in [-0.1, -0.05) is 11.6 Å². The van der Waals surface area contributed by atoms with Gasteiger partial charge in [0, 0.05) is 30.2 Å². The van der Waals surface area contributed by atoms with E-state index in [1.165, 1.54) is 17.8 Å². The molecule has 5 nitrogen and oxygen atoms in total. The fraction of sp³-hybridized carbons (Fsp3) is 0.474. The number of hydrogen-bond donors (Lipinski definition) is 1. The first kappa shape index (κ1) is 23.2. The van der Waals surface area contributed by atoms with Crippen LogP contribution in [0.15, 0.2) is 24.3 Å². The molecule has 2 aromatic rings. The zero-order valence-corrected chi connectivity index (χ0v) is 18.7. The summed E-state index contributed by atoms with van der Waals surface area (Å²) in [5, 5.41) is 5.11. The SMILES string of the molecule is Cc1nc(COc2ccc(Cl)cc2)sc1C(=O)N1CCC2CCC(C1)N2.Cl.Cl. The van der Waals surface area contributed by atoms with Gasteiger partial charge in [-0.2, -0.15) is 0 Å². The van der Waals surface area contributed by atoms with Crippen LogP contribution in [0, 0.1) is 6.92 Å². The van der Waals surface area contributed by atoms with Crippen molar-refractivity contribution in [3.63, 3.8) is 0 Å². The summed E-state index contributed by atoms with van der Waals surface area (Å²) >= 11 is 7.32. The molecule has 4 rings (SSSR count). The molecule has 0 saturated carbocycles. The van der Waals surface area contributed by atoms with Crippen LogP contribution in [0.4, 0.5) is 0 Å². The quantitative estimate of drug-likeness (QED) is 0.724. The van der Waals surface area contributed by atoms with Gasteiger partial charge in [0.15, 0.2) is 0 Å². The van der Waals surface area contributed by atoms with E-state index in [0.717, 1.165) is 47.3 Å². The Kier molecular flexibility index (Phi) is 8.40. The summed E-state index contributed by atoms with van der Waals surface area (Å²) in [5.41, 5.74) is 0.789. The summed E-state index contributed by atoms with van der Waals surface area (Å²) in [4.78, 5) is 20.2. The Balaban J connectivity index is 0.00000140. The molecule has 1 N–H and O–H groups in total. The van der Waals surface area contributed by atoms with Crippen LogP contribution in [0.5, 0.6) is 5.75 Å². The molecule has 2 aliphatic rings. The largest absolute Gasteiger partial charge is 0.486 e. The molecule has 2 saturated heterocycles. The first-order valence-electron chi connectivity index (χ1n) is 8.98. The summed E-state index contributed by atoms with van der Waals surface area (Å²) in [7, 11) is 0. The number of nitrogens with one attached hydrogen (secondary N) is 1. The van der Waals surface area contributed by atoms with Crippen LogP contribution in [-0.2, 0) is 6.61 Å². The highest BCUT2D eigenvalue weighted by Crippen LogP contribution is 2.26. The molecule has 1 amide bonds. The van der Waals surface area contributed by atoms with Crippen molar-refractivity contribution in [1.82, 2.24) is 15.2 Å². The van der Waals surface area contributed by atoms with E-state index in [2.05, 4.69) is 10.3 Å². The van der Waals surface area contributed by atoms with Gasteiger partial charge in [0.2, 0.25) is 0 Å². The van der Waals surface area contributed by atoms with E-state index in [1.807, 2.05) is 24.0 Å². The number of halogens is 3. The predicted octanol–water partition coefficient (Wildman–Crippen LogP) is 4.49. The maximum atomic E-state index is 13.0. The van der Waals surface area contributed by atoms with E-state index >= 15 is 0 Å². The lowest BCUT2D eigenvalue weighted by Gasteiger charge is -2.23. The van der Waals surface area contributed by atoms with Crippen molar-refractivity contribution in [1.29, 1.82) is 0 Å². The summed E-state index contributed by atoms with van der Waals surface area (Å²) in [6.07, 6.45) is 3.43. The van der Waals surface area contributed by atoms with Gasteiger partial charge in [-0.15, -0.1) is 36.2 Å². The minimum absolute atomic E-state index is 0. The van der Waals surface area contributed by atoms with Crippen molar-refractivity contribution >= 4 is 53.7 Å². The molecular formula is C19H24Cl3N3O2S. The molecule has 0 aliphatic carbocycles. The summed E-state index contributed by atoms with van der Waals surface area (Å²) in [6.45, 7) is 3.87. The van der Waals surface area contributed by atoms with Crippen molar-refractivity contribution in [2.24, 2.45) is 0 Å². The van der Waals surface area contributed by atoms with Gasteiger partial charge < -0.3 is 15.0 Å². The molecule has 28 heavy (non-hydrogen) atoms. The normalized spacial score (nSPS) is 20.7. The maximum Gasteiger partial charge on any atom is 0.265 e. The first-order chi connectivity index (χ1) is 12.6. The lowest BCUT2D eigenvalue weighted by atomic mass is 10.1. The number of hydrogen-bond acceptors (Lipinski definition) is 5. The molecule has 9 heteroatoms. The monoisotopic (exact) mass is 463 g/mol. The Morgan fingerprint density at radius 1 is 1.25 bits per heavy atom. The summed E-state index contributed by atoms with van der Waals surface area (Å²) in [6, 6.07) is 8.25. The van der Waals surface area contributed by atoms with Crippen LogP contribution in [-0.4, -0.2) is 41.0 Å². The van der Waals surface area contributed by atoms with Gasteiger partial charge in [-0.25, -0.2) is 4.98 Å². The summed E-state index contributed by atoms with van der Waals surface area (Å²) in [5.74, 6) is 0.844. The molecule has 0 spiro atoms. The molecule has 2 bridgehead atoms. The number of ether oxygens (including phenoxy) is 1. The predicted molar refractivity (Wildman–Crippen MR) is 118 cm³/mol. The zero-order valence-electron chi connectivity index (χ0n) is 15.5. The fourth-order valence-electron chi connectivity index (χ4n) is 3.66. The van der Waals surface area contributed by atoms with Gasteiger partial charge in [-0.05, 0) is 50.5 Å². The van der Waals surface area contributed by atoms with E-state index < -0.39 is 0 Å². The van der Waals surface area contributed by atoms with Crippen LogP contribution in [0.2, 0.25) is 5.02 Å². The lowest BCUT2D eigenvalue weighted by Crippen LogP contribution is -2.39. The number of amides is 1. The van der Waals surface area contributed by atoms with Crippen molar-refractivity contribution in [3.05, 3.63) is 44.9 Å². The van der Waals surface area contributed by atoms with E-state index in [4.69, 9.17) is 16.3 Å². The van der Waals surface area contributed by atoms with Gasteiger partial charge in [0.05, 0.1) is 5.69 Å². The van der Waals surface area contributed by atoms with Gasteiger partial charge in [0.25, 0.3) is 5.91 Å². The number of nitrogens with zero attached hydrogens (tertiary/aromatic N) is 2. The highest BCUT2D eigenvalue weighted by atomic mass is 35.5. The molecule has 154 valence electrons. The molecule has 2 aliphatic heterocycles. The summed E-state index contributed by atoms with van der Waals surface area (Å²) < 4.78 is 5.76. The number of fused-ring (bicyclic) bond motifs is 2. The van der Waals surface area contributed by atoms with Crippen LogP contribution >= 0.6 is 47.8 Å². The maximum absolute atomic E-state index is 13.0. The molecule has 0 radical (unpaired) electrons. The second kappa shape index (κ2) is 10.1. The number of likely N-dealkylation sites (tertiary alicyclic amines) is 1. The van der Waals surface area contributed by atoms with Crippen molar-refractivity contribution in [2.45, 2.75) is 44.9 Å². The minimum Gasteiger partial charge on any atom is -0.486 e. The third kappa shape index (κ3) is 5.30. The third-order valence-corrected chi connectivity index (χ3v) is 6.39. The van der Waals surface area contributed by atoms with E-state index in [1.54, 1.807) is 12.1 Å². The number of carbonyl (C=O) groups excluding carboxylic acids is 1. The Morgan fingerprint density at radius 3 is 2.71 bits per heavy atom. The van der Waals surface area contributed by atoms with E-state index in [0.29, 0.717) is 23.7 Å². The second-order valence-electron chi connectivity index (χ2n) is 6.94. The minimum atomic E-state index is 0. The number of benzene rings is 1. The Hall–Kier alpha value is -1.05. The molecule has 2 atom stereocenters. The fourth-order valence-corrected chi connectivity index (χ4v) is 4.73. The Bertz CT molecular complexity index is 800. The number of thiazole rings is 1. The highest BCUT2D eigenvalue weighted by molar-refractivity contribution is 7.13. The van der Waals surface area contributed by atoms with E-state index in [-0.39, 0.29) is 30.7 Å².